The number of nitrogens with two attached hydrogens (primary N) is 1. The molecule has 0 spiro atoms. The van der Waals surface area contributed by atoms with Crippen molar-refractivity contribution >= 4 is 21.8 Å². The van der Waals surface area contributed by atoms with Gasteiger partial charge >= 0.3 is 0 Å². The standard InChI is InChI=1S/C17H26N4O4S/c1-19(2)26(24,25)14-7-4-13(5-8-14)6-9-16(22)21-11-10-20(3)15(12-21)17(18)23/h4-5,7-8,15H,6,9-12H2,1-3H3,(H2,18,23)/t15-/m0/s1. The number of carbonyl (C=O) groups excluding carboxylic acids is 2. The highest BCUT2D eigenvalue weighted by atomic mass is 32.2. The number of hydrogen-bond donors (Lipinski definition) is 1. The van der Waals surface area contributed by atoms with Crippen LogP contribution >= 0.6 is 0 Å². The van der Waals surface area contributed by atoms with Crippen molar-refractivity contribution in [2.75, 3.05) is 40.8 Å². The molecule has 1 fully saturated rings. The zero-order valence-corrected chi connectivity index (χ0v) is 16.2. The molecule has 1 aromatic rings. The molecule has 1 saturated heterocycles. The Bertz CT molecular complexity index is 761. The molecule has 1 atom stereocenters. The van der Waals surface area contributed by atoms with E-state index >= 15 is 0 Å². The Morgan fingerprint density at radius 3 is 2.35 bits per heavy atom. The average Bonchev–Trinajstić information content (AvgIpc) is 2.60. The number of primary amides is 1. The number of benzene rings is 1. The zero-order chi connectivity index (χ0) is 19.5. The van der Waals surface area contributed by atoms with Gasteiger partial charge in [-0.3, -0.25) is 14.5 Å². The molecule has 1 aliphatic heterocycles. The zero-order valence-electron chi connectivity index (χ0n) is 15.4. The maximum absolute atomic E-state index is 12.4. The highest BCUT2D eigenvalue weighted by Crippen LogP contribution is 2.16. The van der Waals surface area contributed by atoms with Gasteiger partial charge in [-0.05, 0) is 31.2 Å². The predicted molar refractivity (Wildman–Crippen MR) is 97.8 cm³/mol. The molecule has 1 heterocycles. The van der Waals surface area contributed by atoms with E-state index in [1.54, 1.807) is 29.2 Å². The summed E-state index contributed by atoms with van der Waals surface area (Å²) in [7, 11) is 1.34. The molecule has 0 aliphatic carbocycles. The lowest BCUT2D eigenvalue weighted by atomic mass is 10.1. The third-order valence-electron chi connectivity index (χ3n) is 4.66. The highest BCUT2D eigenvalue weighted by Gasteiger charge is 2.30. The van der Waals surface area contributed by atoms with Crippen LogP contribution in [0.1, 0.15) is 12.0 Å². The van der Waals surface area contributed by atoms with E-state index in [-0.39, 0.29) is 10.8 Å². The normalized spacial score (nSPS) is 18.9. The van der Waals surface area contributed by atoms with Crippen molar-refractivity contribution < 1.29 is 18.0 Å². The van der Waals surface area contributed by atoms with Gasteiger partial charge < -0.3 is 10.6 Å². The second kappa shape index (κ2) is 8.15. The molecule has 0 saturated carbocycles. The van der Waals surface area contributed by atoms with Crippen LogP contribution in [0.2, 0.25) is 0 Å². The minimum atomic E-state index is -3.45. The fourth-order valence-corrected chi connectivity index (χ4v) is 3.76. The fraction of sp³-hybridized carbons (Fsp3) is 0.529. The van der Waals surface area contributed by atoms with Crippen LogP contribution in [0.5, 0.6) is 0 Å². The number of sulfonamides is 1. The van der Waals surface area contributed by atoms with Crippen LogP contribution < -0.4 is 5.73 Å². The van der Waals surface area contributed by atoms with Gasteiger partial charge in [-0.25, -0.2) is 12.7 Å². The smallest absolute Gasteiger partial charge is 0.242 e. The Labute approximate surface area is 154 Å². The first-order valence-corrected chi connectivity index (χ1v) is 9.85. The SMILES string of the molecule is CN1CCN(C(=O)CCc2ccc(S(=O)(=O)N(C)C)cc2)C[C@H]1C(N)=O. The molecule has 1 aliphatic rings. The first kappa shape index (κ1) is 20.3. The summed E-state index contributed by atoms with van der Waals surface area (Å²) in [5.41, 5.74) is 6.27. The lowest BCUT2D eigenvalue weighted by molar-refractivity contribution is -0.136. The van der Waals surface area contributed by atoms with Gasteiger partial charge in [0, 0.05) is 40.2 Å². The fourth-order valence-electron chi connectivity index (χ4n) is 2.86. The molecular weight excluding hydrogens is 356 g/mol. The van der Waals surface area contributed by atoms with Crippen molar-refractivity contribution in [3.63, 3.8) is 0 Å². The number of rotatable bonds is 6. The van der Waals surface area contributed by atoms with Crippen LogP contribution in [-0.2, 0) is 26.0 Å². The van der Waals surface area contributed by atoms with Crippen molar-refractivity contribution in [2.45, 2.75) is 23.8 Å². The van der Waals surface area contributed by atoms with Crippen LogP contribution in [-0.4, -0.2) is 81.2 Å². The topological polar surface area (TPSA) is 104 Å². The summed E-state index contributed by atoms with van der Waals surface area (Å²) >= 11 is 0. The Balaban J connectivity index is 1.94. The van der Waals surface area contributed by atoms with Gasteiger partial charge in [0.2, 0.25) is 21.8 Å². The van der Waals surface area contributed by atoms with Crippen LogP contribution in [0.25, 0.3) is 0 Å². The Kier molecular flexibility index (Phi) is 6.38. The summed E-state index contributed by atoms with van der Waals surface area (Å²) in [5.74, 6) is -0.461. The number of amides is 2. The van der Waals surface area contributed by atoms with Gasteiger partial charge in [-0.1, -0.05) is 12.1 Å². The van der Waals surface area contributed by atoms with Crippen molar-refractivity contribution in [1.82, 2.24) is 14.1 Å². The van der Waals surface area contributed by atoms with E-state index in [1.165, 1.54) is 14.1 Å². The summed E-state index contributed by atoms with van der Waals surface area (Å²) in [6.07, 6.45) is 0.809. The molecule has 1 aromatic carbocycles. The Morgan fingerprint density at radius 2 is 1.81 bits per heavy atom. The number of piperazine rings is 1. The van der Waals surface area contributed by atoms with E-state index in [0.717, 1.165) is 9.87 Å². The molecule has 8 nitrogen and oxygen atoms in total. The second-order valence-electron chi connectivity index (χ2n) is 6.67. The number of aryl methyl sites for hydroxylation is 1. The molecule has 2 N–H and O–H groups in total. The van der Waals surface area contributed by atoms with E-state index in [2.05, 4.69) is 0 Å². The van der Waals surface area contributed by atoms with Crippen molar-refractivity contribution in [2.24, 2.45) is 5.73 Å². The monoisotopic (exact) mass is 382 g/mol. The Morgan fingerprint density at radius 1 is 1.19 bits per heavy atom. The van der Waals surface area contributed by atoms with E-state index < -0.39 is 22.0 Å². The van der Waals surface area contributed by atoms with Crippen LogP contribution in [0.15, 0.2) is 29.2 Å². The van der Waals surface area contributed by atoms with Crippen molar-refractivity contribution in [3.05, 3.63) is 29.8 Å². The van der Waals surface area contributed by atoms with Gasteiger partial charge in [-0.15, -0.1) is 0 Å². The molecule has 2 amide bonds. The molecule has 0 aromatic heterocycles. The maximum Gasteiger partial charge on any atom is 0.242 e. The lowest BCUT2D eigenvalue weighted by Crippen LogP contribution is -2.57. The van der Waals surface area contributed by atoms with Crippen LogP contribution in [0.3, 0.4) is 0 Å². The summed E-state index contributed by atoms with van der Waals surface area (Å²) < 4.78 is 25.3. The molecule has 144 valence electrons. The van der Waals surface area contributed by atoms with Crippen LogP contribution in [0, 0.1) is 0 Å². The summed E-state index contributed by atoms with van der Waals surface area (Å²) in [6.45, 7) is 1.49. The van der Waals surface area contributed by atoms with E-state index in [4.69, 9.17) is 5.73 Å². The van der Waals surface area contributed by atoms with E-state index in [1.807, 2.05) is 11.9 Å². The summed E-state index contributed by atoms with van der Waals surface area (Å²) in [5, 5.41) is 0. The van der Waals surface area contributed by atoms with Gasteiger partial charge in [0.1, 0.15) is 6.04 Å². The van der Waals surface area contributed by atoms with E-state index in [0.29, 0.717) is 32.5 Å². The molecule has 2 rings (SSSR count). The van der Waals surface area contributed by atoms with Gasteiger partial charge in [-0.2, -0.15) is 0 Å². The average molecular weight is 382 g/mol. The minimum absolute atomic E-state index is 0.0330. The van der Waals surface area contributed by atoms with Gasteiger partial charge in [0.15, 0.2) is 0 Å². The molecular formula is C17H26N4O4S. The van der Waals surface area contributed by atoms with Crippen LogP contribution in [0.4, 0.5) is 0 Å². The number of nitrogens with zero attached hydrogens (tertiary/aromatic N) is 3. The quantitative estimate of drug-likeness (QED) is 0.714. The van der Waals surface area contributed by atoms with Gasteiger partial charge in [0.25, 0.3) is 0 Å². The minimum Gasteiger partial charge on any atom is -0.368 e. The number of carbonyl (C=O) groups is 2. The summed E-state index contributed by atoms with van der Waals surface area (Å²) in [4.78, 5) is 27.6. The molecule has 0 bridgehead atoms. The first-order chi connectivity index (χ1) is 12.1. The second-order valence-corrected chi connectivity index (χ2v) is 8.82. The molecule has 26 heavy (non-hydrogen) atoms. The third-order valence-corrected chi connectivity index (χ3v) is 6.49. The number of likely N-dealkylation sites (N-methyl/N-ethyl adjacent to an activating group) is 1. The van der Waals surface area contributed by atoms with Crippen molar-refractivity contribution in [3.8, 4) is 0 Å². The van der Waals surface area contributed by atoms with Crippen molar-refractivity contribution in [1.29, 1.82) is 0 Å². The molecule has 0 radical (unpaired) electrons. The maximum atomic E-state index is 12.4. The summed E-state index contributed by atoms with van der Waals surface area (Å²) in [6, 6.07) is 6.09. The highest BCUT2D eigenvalue weighted by molar-refractivity contribution is 7.89. The molecule has 9 heteroatoms. The third kappa shape index (κ3) is 4.60. The lowest BCUT2D eigenvalue weighted by Gasteiger charge is -2.37. The number of hydrogen-bond acceptors (Lipinski definition) is 5. The molecule has 0 unspecified atom stereocenters. The van der Waals surface area contributed by atoms with E-state index in [9.17, 15) is 18.0 Å². The predicted octanol–water partition coefficient (Wildman–Crippen LogP) is -0.503. The first-order valence-electron chi connectivity index (χ1n) is 8.41. The Hall–Kier alpha value is -1.97. The van der Waals surface area contributed by atoms with Gasteiger partial charge in [0.05, 0.1) is 4.90 Å². The largest absolute Gasteiger partial charge is 0.368 e.